The number of hydrogen-bond donors (Lipinski definition) is 1. The van der Waals surface area contributed by atoms with Crippen LogP contribution in [-0.2, 0) is 4.74 Å². The molecule has 0 saturated heterocycles. The average molecular weight is 357 g/mol. The summed E-state index contributed by atoms with van der Waals surface area (Å²) >= 11 is 4.68. The van der Waals surface area contributed by atoms with Crippen LogP contribution in [-0.4, -0.2) is 25.2 Å². The summed E-state index contributed by atoms with van der Waals surface area (Å²) in [6, 6.07) is 5.60. The molecule has 2 rings (SSSR count). The number of hydrogen-bond acceptors (Lipinski definition) is 6. The molecule has 2 aromatic rings. The molecule has 0 radical (unpaired) electrons. The molecule has 0 fully saturated rings. The Hall–Kier alpha value is -1.60. The molecule has 0 aliphatic heterocycles. The van der Waals surface area contributed by atoms with Gasteiger partial charge in [-0.05, 0) is 41.1 Å². The molecule has 5 nitrogen and oxygen atoms in total. The molecule has 1 heterocycles. The zero-order valence-corrected chi connectivity index (χ0v) is 13.6. The summed E-state index contributed by atoms with van der Waals surface area (Å²) in [4.78, 5) is 16.3. The van der Waals surface area contributed by atoms with Gasteiger partial charge in [-0.15, -0.1) is 0 Å². The van der Waals surface area contributed by atoms with Gasteiger partial charge in [0.05, 0.1) is 24.4 Å². The Morgan fingerprint density at radius 3 is 2.75 bits per heavy atom. The fourth-order valence-electron chi connectivity index (χ4n) is 1.60. The van der Waals surface area contributed by atoms with Crippen molar-refractivity contribution >= 4 is 44.1 Å². The maximum Gasteiger partial charge on any atom is 0.350 e. The second-order valence-corrected chi connectivity index (χ2v) is 5.75. The third kappa shape index (κ3) is 3.10. The minimum absolute atomic E-state index is 0.371. The van der Waals surface area contributed by atoms with Gasteiger partial charge in [0.25, 0.3) is 0 Å². The van der Waals surface area contributed by atoms with Gasteiger partial charge in [-0.25, -0.2) is 9.78 Å². The van der Waals surface area contributed by atoms with Crippen molar-refractivity contribution in [1.29, 1.82) is 0 Å². The number of thiazole rings is 1. The minimum Gasteiger partial charge on any atom is -0.496 e. The molecule has 1 aromatic heterocycles. The zero-order valence-electron chi connectivity index (χ0n) is 11.2. The quantitative estimate of drug-likeness (QED) is 0.845. The first kappa shape index (κ1) is 14.8. The third-order valence-corrected chi connectivity index (χ3v) is 4.24. The number of nitrogens with one attached hydrogen (secondary N) is 1. The van der Waals surface area contributed by atoms with Crippen LogP contribution in [0.1, 0.15) is 15.4 Å². The summed E-state index contributed by atoms with van der Waals surface area (Å²) in [6.45, 7) is 1.78. The number of aromatic nitrogens is 1. The van der Waals surface area contributed by atoms with Crippen molar-refractivity contribution in [3.8, 4) is 5.75 Å². The summed E-state index contributed by atoms with van der Waals surface area (Å²) in [5.74, 6) is 0.380. The van der Waals surface area contributed by atoms with Crippen LogP contribution >= 0.6 is 27.3 Å². The van der Waals surface area contributed by atoms with Crippen molar-refractivity contribution in [2.45, 2.75) is 6.92 Å². The molecular formula is C13H13BrN2O3S. The fourth-order valence-corrected chi connectivity index (χ4v) is 3.05. The molecule has 0 saturated carbocycles. The van der Waals surface area contributed by atoms with Gasteiger partial charge in [0.1, 0.15) is 10.6 Å². The predicted octanol–water partition coefficient (Wildman–Crippen LogP) is 3.75. The highest BCUT2D eigenvalue weighted by Crippen LogP contribution is 2.31. The Morgan fingerprint density at radius 2 is 2.15 bits per heavy atom. The van der Waals surface area contributed by atoms with E-state index in [1.807, 2.05) is 18.2 Å². The van der Waals surface area contributed by atoms with Crippen LogP contribution < -0.4 is 10.1 Å². The van der Waals surface area contributed by atoms with E-state index >= 15 is 0 Å². The van der Waals surface area contributed by atoms with E-state index in [-0.39, 0.29) is 5.97 Å². The highest BCUT2D eigenvalue weighted by Gasteiger charge is 2.15. The lowest BCUT2D eigenvalue weighted by molar-refractivity contribution is 0.0605. The standard InChI is InChI=1S/C13H13BrN2O3S/c1-7-11(12(17)19-3)20-13(15-7)16-8-4-5-10(18-2)9(14)6-8/h4-6H,1-3H3,(H,15,16). The van der Waals surface area contributed by atoms with Crippen LogP contribution in [0, 0.1) is 6.92 Å². The normalized spacial score (nSPS) is 10.2. The van der Waals surface area contributed by atoms with Gasteiger partial charge < -0.3 is 14.8 Å². The fraction of sp³-hybridized carbons (Fsp3) is 0.231. The lowest BCUT2D eigenvalue weighted by atomic mass is 10.3. The van der Waals surface area contributed by atoms with Gasteiger partial charge in [-0.2, -0.15) is 0 Å². The van der Waals surface area contributed by atoms with E-state index in [9.17, 15) is 4.79 Å². The summed E-state index contributed by atoms with van der Waals surface area (Å²) in [5.41, 5.74) is 1.50. The molecule has 0 aliphatic carbocycles. The highest BCUT2D eigenvalue weighted by molar-refractivity contribution is 9.10. The summed E-state index contributed by atoms with van der Waals surface area (Å²) in [7, 11) is 2.97. The van der Waals surface area contributed by atoms with Crippen molar-refractivity contribution in [3.05, 3.63) is 33.2 Å². The topological polar surface area (TPSA) is 60.5 Å². The van der Waals surface area contributed by atoms with Crippen LogP contribution in [0.25, 0.3) is 0 Å². The number of ether oxygens (including phenoxy) is 2. The number of nitrogens with zero attached hydrogens (tertiary/aromatic N) is 1. The van der Waals surface area contributed by atoms with Crippen LogP contribution in [0.2, 0.25) is 0 Å². The van der Waals surface area contributed by atoms with Crippen molar-refractivity contribution in [2.24, 2.45) is 0 Å². The molecule has 7 heteroatoms. The van der Waals surface area contributed by atoms with Gasteiger partial charge in [-0.3, -0.25) is 0 Å². The molecular weight excluding hydrogens is 344 g/mol. The van der Waals surface area contributed by atoms with E-state index in [1.165, 1.54) is 18.4 Å². The lowest BCUT2D eigenvalue weighted by Gasteiger charge is -2.06. The number of benzene rings is 1. The molecule has 0 atom stereocenters. The number of esters is 1. The molecule has 1 N–H and O–H groups in total. The van der Waals surface area contributed by atoms with Crippen LogP contribution in [0.3, 0.4) is 0 Å². The van der Waals surface area contributed by atoms with Gasteiger partial charge >= 0.3 is 5.97 Å². The van der Waals surface area contributed by atoms with Crippen molar-refractivity contribution in [1.82, 2.24) is 4.98 Å². The summed E-state index contributed by atoms with van der Waals surface area (Å²) in [5, 5.41) is 3.79. The Kier molecular flexibility index (Phi) is 4.61. The van der Waals surface area contributed by atoms with Crippen LogP contribution in [0.5, 0.6) is 5.75 Å². The van der Waals surface area contributed by atoms with Crippen molar-refractivity contribution < 1.29 is 14.3 Å². The highest BCUT2D eigenvalue weighted by atomic mass is 79.9. The first-order chi connectivity index (χ1) is 9.55. The SMILES string of the molecule is COC(=O)c1sc(Nc2ccc(OC)c(Br)c2)nc1C. The Morgan fingerprint density at radius 1 is 1.40 bits per heavy atom. The minimum atomic E-state index is -0.371. The maximum absolute atomic E-state index is 11.5. The Balaban J connectivity index is 2.22. The molecule has 0 aliphatic rings. The number of carbonyl (C=O) groups excluding carboxylic acids is 1. The molecule has 20 heavy (non-hydrogen) atoms. The average Bonchev–Trinajstić information content (AvgIpc) is 2.79. The van der Waals surface area contributed by atoms with E-state index < -0.39 is 0 Å². The van der Waals surface area contributed by atoms with Crippen LogP contribution in [0.15, 0.2) is 22.7 Å². The van der Waals surface area contributed by atoms with E-state index in [0.717, 1.165) is 15.9 Å². The zero-order chi connectivity index (χ0) is 14.7. The van der Waals surface area contributed by atoms with Gasteiger partial charge in [-0.1, -0.05) is 11.3 Å². The van der Waals surface area contributed by atoms with Gasteiger partial charge in [0.2, 0.25) is 0 Å². The molecule has 0 amide bonds. The molecule has 0 bridgehead atoms. The van der Waals surface area contributed by atoms with Crippen molar-refractivity contribution in [3.63, 3.8) is 0 Å². The number of rotatable bonds is 4. The smallest absolute Gasteiger partial charge is 0.350 e. The first-order valence-corrected chi connectivity index (χ1v) is 7.32. The first-order valence-electron chi connectivity index (χ1n) is 5.71. The predicted molar refractivity (Wildman–Crippen MR) is 82.2 cm³/mol. The van der Waals surface area contributed by atoms with Gasteiger partial charge in [0, 0.05) is 5.69 Å². The van der Waals surface area contributed by atoms with E-state index in [1.54, 1.807) is 14.0 Å². The Labute approximate surface area is 129 Å². The summed E-state index contributed by atoms with van der Waals surface area (Å²) in [6.07, 6.45) is 0. The number of halogens is 1. The third-order valence-electron chi connectivity index (χ3n) is 2.57. The van der Waals surface area contributed by atoms with E-state index in [0.29, 0.717) is 15.7 Å². The van der Waals surface area contributed by atoms with Crippen LogP contribution in [0.4, 0.5) is 10.8 Å². The molecule has 0 spiro atoms. The number of methoxy groups -OCH3 is 2. The van der Waals surface area contributed by atoms with Crippen molar-refractivity contribution in [2.75, 3.05) is 19.5 Å². The number of aryl methyl sites for hydroxylation is 1. The monoisotopic (exact) mass is 356 g/mol. The number of anilines is 2. The van der Waals surface area contributed by atoms with E-state index in [4.69, 9.17) is 9.47 Å². The largest absolute Gasteiger partial charge is 0.496 e. The molecule has 0 unspecified atom stereocenters. The van der Waals surface area contributed by atoms with E-state index in [2.05, 4.69) is 26.2 Å². The Bertz CT molecular complexity index is 643. The molecule has 106 valence electrons. The lowest BCUT2D eigenvalue weighted by Crippen LogP contribution is -1.99. The van der Waals surface area contributed by atoms with Gasteiger partial charge in [0.15, 0.2) is 5.13 Å². The second kappa shape index (κ2) is 6.23. The molecule has 1 aromatic carbocycles. The number of carbonyl (C=O) groups is 1. The summed E-state index contributed by atoms with van der Waals surface area (Å²) < 4.78 is 10.7. The maximum atomic E-state index is 11.5. The second-order valence-electron chi connectivity index (χ2n) is 3.90.